The van der Waals surface area contributed by atoms with Crippen LogP contribution in [0.25, 0.3) is 0 Å². The van der Waals surface area contributed by atoms with Crippen LogP contribution >= 0.6 is 11.8 Å². The summed E-state index contributed by atoms with van der Waals surface area (Å²) in [6.45, 7) is 0.729. The van der Waals surface area contributed by atoms with Crippen LogP contribution in [0, 0.1) is 0 Å². The standard InChI is InChI=1S/C7H12N2O3S/c1-8-4-5(10)9-2-3-13-6(9)7(11)12/h6,8H,2-4H2,1H3,(H,11,12). The highest BCUT2D eigenvalue weighted by Gasteiger charge is 2.33. The number of carbonyl (C=O) groups excluding carboxylic acids is 1. The molecule has 1 rings (SSSR count). The molecule has 1 atom stereocenters. The normalized spacial score (nSPS) is 21.9. The third kappa shape index (κ3) is 2.35. The second kappa shape index (κ2) is 4.48. The van der Waals surface area contributed by atoms with Crippen molar-refractivity contribution in [2.45, 2.75) is 5.37 Å². The third-order valence-electron chi connectivity index (χ3n) is 1.75. The lowest BCUT2D eigenvalue weighted by Gasteiger charge is -2.19. The van der Waals surface area contributed by atoms with Gasteiger partial charge in [0.05, 0.1) is 6.54 Å². The van der Waals surface area contributed by atoms with Gasteiger partial charge in [0.15, 0.2) is 5.37 Å². The van der Waals surface area contributed by atoms with E-state index in [0.29, 0.717) is 12.3 Å². The Kier molecular flexibility index (Phi) is 3.56. The van der Waals surface area contributed by atoms with Gasteiger partial charge in [-0.25, -0.2) is 4.79 Å². The summed E-state index contributed by atoms with van der Waals surface area (Å²) in [4.78, 5) is 23.4. The fraction of sp³-hybridized carbons (Fsp3) is 0.714. The zero-order valence-electron chi connectivity index (χ0n) is 7.32. The van der Waals surface area contributed by atoms with Crippen LogP contribution in [0.15, 0.2) is 0 Å². The third-order valence-corrected chi connectivity index (χ3v) is 2.94. The predicted molar refractivity (Wildman–Crippen MR) is 49.5 cm³/mol. The van der Waals surface area contributed by atoms with Crippen molar-refractivity contribution in [3.05, 3.63) is 0 Å². The summed E-state index contributed by atoms with van der Waals surface area (Å²) in [5.74, 6) is -0.390. The van der Waals surface area contributed by atoms with E-state index < -0.39 is 11.3 Å². The van der Waals surface area contributed by atoms with Gasteiger partial charge in [0.1, 0.15) is 0 Å². The van der Waals surface area contributed by atoms with E-state index in [4.69, 9.17) is 5.11 Å². The molecule has 0 radical (unpaired) electrons. The van der Waals surface area contributed by atoms with Gasteiger partial charge in [-0.3, -0.25) is 4.79 Å². The monoisotopic (exact) mass is 204 g/mol. The number of hydrogen-bond acceptors (Lipinski definition) is 4. The molecule has 2 N–H and O–H groups in total. The summed E-state index contributed by atoms with van der Waals surface area (Å²) in [5.41, 5.74) is 0. The molecule has 5 nitrogen and oxygen atoms in total. The molecular weight excluding hydrogens is 192 g/mol. The molecule has 0 aromatic rings. The van der Waals surface area contributed by atoms with Crippen molar-refractivity contribution in [1.29, 1.82) is 0 Å². The zero-order valence-corrected chi connectivity index (χ0v) is 8.13. The number of rotatable bonds is 3. The summed E-state index contributed by atoms with van der Waals surface area (Å²) in [7, 11) is 1.66. The first-order valence-corrected chi connectivity index (χ1v) is 5.00. The number of nitrogens with one attached hydrogen (secondary N) is 1. The molecule has 6 heteroatoms. The smallest absolute Gasteiger partial charge is 0.337 e. The van der Waals surface area contributed by atoms with Crippen molar-refractivity contribution in [2.75, 3.05) is 25.9 Å². The highest BCUT2D eigenvalue weighted by Crippen LogP contribution is 2.23. The number of carboxylic acid groups (broad SMARTS) is 1. The Morgan fingerprint density at radius 1 is 1.69 bits per heavy atom. The first kappa shape index (κ1) is 10.3. The number of aliphatic carboxylic acids is 1. The van der Waals surface area contributed by atoms with Crippen LogP contribution in [0.1, 0.15) is 0 Å². The molecule has 0 saturated carbocycles. The summed E-state index contributed by atoms with van der Waals surface area (Å²) in [6, 6.07) is 0. The van der Waals surface area contributed by atoms with E-state index in [1.54, 1.807) is 7.05 Å². The summed E-state index contributed by atoms with van der Waals surface area (Å²) in [6.07, 6.45) is 0. The molecule has 1 aliphatic rings. The van der Waals surface area contributed by atoms with E-state index in [0.717, 1.165) is 0 Å². The first-order valence-electron chi connectivity index (χ1n) is 3.95. The van der Waals surface area contributed by atoms with Crippen LogP contribution in [0.3, 0.4) is 0 Å². The van der Waals surface area contributed by atoms with E-state index in [-0.39, 0.29) is 12.5 Å². The van der Waals surface area contributed by atoms with Crippen molar-refractivity contribution in [2.24, 2.45) is 0 Å². The molecule has 1 aliphatic heterocycles. The van der Waals surface area contributed by atoms with Crippen molar-refractivity contribution in [3.63, 3.8) is 0 Å². The maximum Gasteiger partial charge on any atom is 0.337 e. The van der Waals surface area contributed by atoms with Crippen molar-refractivity contribution < 1.29 is 14.7 Å². The molecule has 1 fully saturated rings. The molecule has 1 heterocycles. The van der Waals surface area contributed by atoms with Crippen LogP contribution in [0.5, 0.6) is 0 Å². The lowest BCUT2D eigenvalue weighted by Crippen LogP contribution is -2.43. The maximum absolute atomic E-state index is 11.3. The fourth-order valence-corrected chi connectivity index (χ4v) is 2.25. The minimum absolute atomic E-state index is 0.153. The van der Waals surface area contributed by atoms with Gasteiger partial charge in [0.2, 0.25) is 5.91 Å². The highest BCUT2D eigenvalue weighted by atomic mass is 32.2. The molecule has 74 valence electrons. The summed E-state index contributed by atoms with van der Waals surface area (Å²) in [5, 5.41) is 10.8. The highest BCUT2D eigenvalue weighted by molar-refractivity contribution is 8.00. The Balaban J connectivity index is 2.57. The molecule has 1 saturated heterocycles. The Bertz CT molecular complexity index is 222. The number of hydrogen-bond donors (Lipinski definition) is 2. The average Bonchev–Trinajstić information content (AvgIpc) is 2.52. The Hall–Kier alpha value is -0.750. The van der Waals surface area contributed by atoms with Crippen LogP contribution in [-0.4, -0.2) is 53.1 Å². The minimum Gasteiger partial charge on any atom is -0.479 e. The fourth-order valence-electron chi connectivity index (χ4n) is 1.18. The van der Waals surface area contributed by atoms with Gasteiger partial charge in [0, 0.05) is 12.3 Å². The Morgan fingerprint density at radius 2 is 2.38 bits per heavy atom. The zero-order chi connectivity index (χ0) is 9.84. The lowest BCUT2D eigenvalue weighted by atomic mass is 10.4. The van der Waals surface area contributed by atoms with Gasteiger partial charge in [-0.1, -0.05) is 0 Å². The number of carboxylic acids is 1. The van der Waals surface area contributed by atoms with Crippen LogP contribution in [-0.2, 0) is 9.59 Å². The van der Waals surface area contributed by atoms with Crippen LogP contribution in [0.4, 0.5) is 0 Å². The van der Waals surface area contributed by atoms with Gasteiger partial charge >= 0.3 is 5.97 Å². The molecule has 13 heavy (non-hydrogen) atoms. The number of amides is 1. The van der Waals surface area contributed by atoms with Crippen molar-refractivity contribution in [3.8, 4) is 0 Å². The summed E-state index contributed by atoms with van der Waals surface area (Å²) >= 11 is 1.29. The Labute approximate surface area is 80.5 Å². The second-order valence-electron chi connectivity index (χ2n) is 2.68. The predicted octanol–water partition coefficient (Wildman–Crippen LogP) is -0.808. The quantitative estimate of drug-likeness (QED) is 0.629. The van der Waals surface area contributed by atoms with Crippen molar-refractivity contribution in [1.82, 2.24) is 10.2 Å². The van der Waals surface area contributed by atoms with Gasteiger partial charge in [0.25, 0.3) is 0 Å². The van der Waals surface area contributed by atoms with E-state index in [2.05, 4.69) is 5.32 Å². The Morgan fingerprint density at radius 3 is 2.92 bits per heavy atom. The second-order valence-corrected chi connectivity index (χ2v) is 3.87. The average molecular weight is 204 g/mol. The van der Waals surface area contributed by atoms with Gasteiger partial charge in [-0.05, 0) is 7.05 Å². The number of nitrogens with zero attached hydrogens (tertiary/aromatic N) is 1. The van der Waals surface area contributed by atoms with Crippen LogP contribution < -0.4 is 5.32 Å². The molecule has 0 aromatic heterocycles. The van der Waals surface area contributed by atoms with Gasteiger partial charge < -0.3 is 15.3 Å². The molecule has 1 unspecified atom stereocenters. The minimum atomic E-state index is -0.938. The molecule has 1 amide bonds. The largest absolute Gasteiger partial charge is 0.479 e. The SMILES string of the molecule is CNCC(=O)N1CCSC1C(=O)O. The summed E-state index contributed by atoms with van der Waals surface area (Å²) < 4.78 is 0. The maximum atomic E-state index is 11.3. The van der Waals surface area contributed by atoms with Crippen LogP contribution in [0.2, 0.25) is 0 Å². The molecule has 0 aliphatic carbocycles. The van der Waals surface area contributed by atoms with Gasteiger partial charge in [-0.15, -0.1) is 11.8 Å². The molecule has 0 spiro atoms. The van der Waals surface area contributed by atoms with E-state index in [1.165, 1.54) is 16.7 Å². The van der Waals surface area contributed by atoms with E-state index >= 15 is 0 Å². The van der Waals surface area contributed by atoms with E-state index in [1.807, 2.05) is 0 Å². The number of thioether (sulfide) groups is 1. The molecular formula is C7H12N2O3S. The molecule has 0 bridgehead atoms. The topological polar surface area (TPSA) is 69.6 Å². The van der Waals surface area contributed by atoms with Crippen molar-refractivity contribution >= 4 is 23.6 Å². The molecule has 0 aromatic carbocycles. The van der Waals surface area contributed by atoms with E-state index in [9.17, 15) is 9.59 Å². The number of carbonyl (C=O) groups is 2. The first-order chi connectivity index (χ1) is 6.16. The lowest BCUT2D eigenvalue weighted by molar-refractivity contribution is -0.145. The number of likely N-dealkylation sites (N-methyl/N-ethyl adjacent to an activating group) is 1. The van der Waals surface area contributed by atoms with Gasteiger partial charge in [-0.2, -0.15) is 0 Å².